The molecule has 0 bridgehead atoms. The fourth-order valence-corrected chi connectivity index (χ4v) is 3.93. The fourth-order valence-electron chi connectivity index (χ4n) is 3.24. The molecule has 0 aromatic carbocycles. The summed E-state index contributed by atoms with van der Waals surface area (Å²) in [6, 6.07) is 2.91. The molecule has 102 valence electrons. The van der Waals surface area contributed by atoms with Crippen molar-refractivity contribution in [3.63, 3.8) is 0 Å². The molecule has 1 aromatic rings. The van der Waals surface area contributed by atoms with E-state index in [0.29, 0.717) is 6.04 Å². The predicted molar refractivity (Wildman–Crippen MR) is 81.1 cm³/mol. The van der Waals surface area contributed by atoms with Gasteiger partial charge in [-0.05, 0) is 60.0 Å². The minimum Gasteiger partial charge on any atom is -0.310 e. The molecule has 0 aliphatic heterocycles. The van der Waals surface area contributed by atoms with Crippen LogP contribution in [0, 0.1) is 11.8 Å². The number of hydrogen-bond donors (Lipinski definition) is 1. The van der Waals surface area contributed by atoms with Crippen LogP contribution < -0.4 is 5.32 Å². The maximum Gasteiger partial charge on any atom is 0.0356 e. The molecule has 0 spiro atoms. The first-order valence-corrected chi connectivity index (χ1v) is 8.54. The first kappa shape index (κ1) is 14.1. The average Bonchev–Trinajstić information content (AvgIpc) is 2.94. The van der Waals surface area contributed by atoms with Crippen molar-refractivity contribution in [2.24, 2.45) is 11.8 Å². The Morgan fingerprint density at radius 1 is 1.28 bits per heavy atom. The zero-order chi connectivity index (χ0) is 12.8. The maximum atomic E-state index is 3.78. The molecule has 1 aromatic heterocycles. The van der Waals surface area contributed by atoms with Gasteiger partial charge < -0.3 is 5.32 Å². The first-order chi connectivity index (χ1) is 8.85. The summed E-state index contributed by atoms with van der Waals surface area (Å²) in [4.78, 5) is 0. The third-order valence-electron chi connectivity index (χ3n) is 4.46. The second-order valence-electron chi connectivity index (χ2n) is 5.68. The zero-order valence-corrected chi connectivity index (χ0v) is 12.6. The van der Waals surface area contributed by atoms with Crippen LogP contribution in [-0.4, -0.2) is 6.54 Å². The highest BCUT2D eigenvalue weighted by molar-refractivity contribution is 7.07. The molecule has 1 aliphatic carbocycles. The minimum atomic E-state index is 0.606. The maximum absolute atomic E-state index is 3.78. The number of hydrogen-bond acceptors (Lipinski definition) is 2. The Morgan fingerprint density at radius 3 is 2.61 bits per heavy atom. The van der Waals surface area contributed by atoms with E-state index in [1.807, 2.05) is 11.3 Å². The third kappa shape index (κ3) is 3.58. The van der Waals surface area contributed by atoms with Gasteiger partial charge in [0.15, 0.2) is 0 Å². The van der Waals surface area contributed by atoms with Crippen LogP contribution in [0.25, 0.3) is 0 Å². The van der Waals surface area contributed by atoms with E-state index in [-0.39, 0.29) is 0 Å². The van der Waals surface area contributed by atoms with Crippen LogP contribution in [0.3, 0.4) is 0 Å². The Hall–Kier alpha value is -0.340. The average molecular weight is 265 g/mol. The van der Waals surface area contributed by atoms with Gasteiger partial charge in [0.05, 0.1) is 0 Å². The van der Waals surface area contributed by atoms with Gasteiger partial charge in [0.25, 0.3) is 0 Å². The Labute approximate surface area is 116 Å². The number of rotatable bonds is 6. The molecule has 1 N–H and O–H groups in total. The Kier molecular flexibility index (Phi) is 5.71. The molecule has 0 amide bonds. The Morgan fingerprint density at radius 2 is 2.06 bits per heavy atom. The molecule has 1 heterocycles. The van der Waals surface area contributed by atoms with Crippen LogP contribution in [0.1, 0.15) is 64.0 Å². The van der Waals surface area contributed by atoms with Gasteiger partial charge in [-0.3, -0.25) is 0 Å². The second-order valence-corrected chi connectivity index (χ2v) is 6.46. The molecule has 2 heteroatoms. The summed E-state index contributed by atoms with van der Waals surface area (Å²) >= 11 is 1.83. The van der Waals surface area contributed by atoms with Gasteiger partial charge in [0, 0.05) is 6.04 Å². The van der Waals surface area contributed by atoms with E-state index in [2.05, 4.69) is 36.0 Å². The van der Waals surface area contributed by atoms with Crippen LogP contribution >= 0.6 is 11.3 Å². The molecule has 1 nitrogen and oxygen atoms in total. The summed E-state index contributed by atoms with van der Waals surface area (Å²) in [7, 11) is 0. The van der Waals surface area contributed by atoms with Crippen LogP contribution in [0.4, 0.5) is 0 Å². The van der Waals surface area contributed by atoms with Crippen molar-refractivity contribution in [3.8, 4) is 0 Å². The molecular formula is C16H27NS. The molecule has 0 radical (unpaired) electrons. The summed E-state index contributed by atoms with van der Waals surface area (Å²) in [6.07, 6.45) is 8.31. The highest BCUT2D eigenvalue weighted by Gasteiger charge is 2.27. The van der Waals surface area contributed by atoms with Gasteiger partial charge in [-0.2, -0.15) is 11.3 Å². The standard InChI is InChI=1S/C16H27NS/c1-3-10-17-16(15-9-11-18-12-15)14-7-5-13(4-2)6-8-14/h9,11-14,16-17H,3-8,10H2,1-2H3. The molecule has 1 fully saturated rings. The van der Waals surface area contributed by atoms with Crippen LogP contribution in [0.15, 0.2) is 16.8 Å². The molecule has 1 unspecified atom stereocenters. The lowest BCUT2D eigenvalue weighted by molar-refractivity contribution is 0.219. The molecule has 1 aliphatic rings. The topological polar surface area (TPSA) is 12.0 Å². The van der Waals surface area contributed by atoms with Gasteiger partial charge in [-0.1, -0.05) is 33.1 Å². The molecular weight excluding hydrogens is 238 g/mol. The second kappa shape index (κ2) is 7.30. The van der Waals surface area contributed by atoms with E-state index >= 15 is 0 Å². The highest BCUT2D eigenvalue weighted by atomic mass is 32.1. The third-order valence-corrected chi connectivity index (χ3v) is 5.16. The van der Waals surface area contributed by atoms with Crippen LogP contribution in [-0.2, 0) is 0 Å². The normalized spacial score (nSPS) is 26.1. The molecule has 0 saturated heterocycles. The Balaban J connectivity index is 1.96. The van der Waals surface area contributed by atoms with Crippen molar-refractivity contribution in [1.82, 2.24) is 5.32 Å². The lowest BCUT2D eigenvalue weighted by atomic mass is 9.76. The zero-order valence-electron chi connectivity index (χ0n) is 11.8. The number of thiophene rings is 1. The van der Waals surface area contributed by atoms with Crippen molar-refractivity contribution >= 4 is 11.3 Å². The molecule has 18 heavy (non-hydrogen) atoms. The fraction of sp³-hybridized carbons (Fsp3) is 0.750. The van der Waals surface area contributed by atoms with Gasteiger partial charge in [-0.25, -0.2) is 0 Å². The smallest absolute Gasteiger partial charge is 0.0356 e. The minimum absolute atomic E-state index is 0.606. The summed E-state index contributed by atoms with van der Waals surface area (Å²) < 4.78 is 0. The SMILES string of the molecule is CCCNC(c1ccsc1)C1CCC(CC)CC1. The van der Waals surface area contributed by atoms with Crippen molar-refractivity contribution < 1.29 is 0 Å². The monoisotopic (exact) mass is 265 g/mol. The van der Waals surface area contributed by atoms with Crippen molar-refractivity contribution in [2.45, 2.75) is 58.4 Å². The van der Waals surface area contributed by atoms with Crippen molar-refractivity contribution in [1.29, 1.82) is 0 Å². The summed E-state index contributed by atoms with van der Waals surface area (Å²) in [5.41, 5.74) is 1.52. The summed E-state index contributed by atoms with van der Waals surface area (Å²) in [5, 5.41) is 8.33. The van der Waals surface area contributed by atoms with E-state index in [0.717, 1.165) is 18.4 Å². The van der Waals surface area contributed by atoms with E-state index in [1.54, 1.807) is 0 Å². The Bertz CT molecular complexity index is 312. The van der Waals surface area contributed by atoms with Gasteiger partial charge in [0.1, 0.15) is 0 Å². The summed E-state index contributed by atoms with van der Waals surface area (Å²) in [5.74, 6) is 1.85. The largest absolute Gasteiger partial charge is 0.310 e. The molecule has 2 rings (SSSR count). The van der Waals surface area contributed by atoms with Crippen molar-refractivity contribution in [3.05, 3.63) is 22.4 Å². The van der Waals surface area contributed by atoms with Gasteiger partial charge >= 0.3 is 0 Å². The van der Waals surface area contributed by atoms with E-state index < -0.39 is 0 Å². The quantitative estimate of drug-likeness (QED) is 0.762. The van der Waals surface area contributed by atoms with E-state index in [9.17, 15) is 0 Å². The molecule has 1 atom stereocenters. The lowest BCUT2D eigenvalue weighted by Crippen LogP contribution is -2.31. The van der Waals surface area contributed by atoms with E-state index in [1.165, 1.54) is 44.1 Å². The van der Waals surface area contributed by atoms with E-state index in [4.69, 9.17) is 0 Å². The van der Waals surface area contributed by atoms with Crippen molar-refractivity contribution in [2.75, 3.05) is 6.54 Å². The molecule has 1 saturated carbocycles. The van der Waals surface area contributed by atoms with Gasteiger partial charge in [-0.15, -0.1) is 0 Å². The predicted octanol–water partition coefficient (Wildman–Crippen LogP) is 5.01. The first-order valence-electron chi connectivity index (χ1n) is 7.60. The number of nitrogens with one attached hydrogen (secondary N) is 1. The van der Waals surface area contributed by atoms with Crippen LogP contribution in [0.5, 0.6) is 0 Å². The van der Waals surface area contributed by atoms with Gasteiger partial charge in [0.2, 0.25) is 0 Å². The lowest BCUT2D eigenvalue weighted by Gasteiger charge is -2.34. The van der Waals surface area contributed by atoms with Crippen LogP contribution in [0.2, 0.25) is 0 Å². The highest BCUT2D eigenvalue weighted by Crippen LogP contribution is 2.38. The summed E-state index contributed by atoms with van der Waals surface area (Å²) in [6.45, 7) is 5.75.